The molecule has 1 aromatic rings. The summed E-state index contributed by atoms with van der Waals surface area (Å²) in [5.41, 5.74) is 1.22. The summed E-state index contributed by atoms with van der Waals surface area (Å²) in [6.45, 7) is 5.02. The summed E-state index contributed by atoms with van der Waals surface area (Å²) in [6.07, 6.45) is 2.32. The van der Waals surface area contributed by atoms with Gasteiger partial charge in [0.15, 0.2) is 11.5 Å². The Morgan fingerprint density at radius 1 is 1.20 bits per heavy atom. The van der Waals surface area contributed by atoms with E-state index in [9.17, 15) is 0 Å². The standard InChI is InChI=1S/C16H25NO3/c1-12(17-11-13-6-8-20-9-7-13)14-4-5-15(18-2)16(10-14)19-3/h4-5,10,12-13,17H,6-9,11H2,1-3H3/t12-/m0/s1. The lowest BCUT2D eigenvalue weighted by atomic mass is 9.99. The summed E-state index contributed by atoms with van der Waals surface area (Å²) in [4.78, 5) is 0. The van der Waals surface area contributed by atoms with Crippen LogP contribution in [0.4, 0.5) is 0 Å². The molecule has 1 aromatic carbocycles. The minimum atomic E-state index is 0.303. The van der Waals surface area contributed by atoms with E-state index in [0.717, 1.165) is 50.0 Å². The van der Waals surface area contributed by atoms with Gasteiger partial charge in [-0.05, 0) is 49.9 Å². The molecule has 4 nitrogen and oxygen atoms in total. The van der Waals surface area contributed by atoms with Crippen molar-refractivity contribution in [3.63, 3.8) is 0 Å². The second kappa shape index (κ2) is 7.50. The molecule has 1 heterocycles. The van der Waals surface area contributed by atoms with Crippen molar-refractivity contribution in [1.82, 2.24) is 5.32 Å². The molecule has 1 atom stereocenters. The van der Waals surface area contributed by atoms with E-state index in [2.05, 4.69) is 18.3 Å². The predicted molar refractivity (Wildman–Crippen MR) is 79.5 cm³/mol. The fraction of sp³-hybridized carbons (Fsp3) is 0.625. The number of hydrogen-bond donors (Lipinski definition) is 1. The Kier molecular flexibility index (Phi) is 5.68. The molecule has 0 spiro atoms. The zero-order valence-electron chi connectivity index (χ0n) is 12.6. The van der Waals surface area contributed by atoms with Crippen molar-refractivity contribution in [2.45, 2.75) is 25.8 Å². The van der Waals surface area contributed by atoms with E-state index in [0.29, 0.717) is 6.04 Å². The third-order valence-electron chi connectivity index (χ3n) is 3.96. The van der Waals surface area contributed by atoms with Crippen LogP contribution in [0.3, 0.4) is 0 Å². The molecule has 1 aliphatic rings. The SMILES string of the molecule is COc1ccc([C@H](C)NCC2CCOCC2)cc1OC. The number of ether oxygens (including phenoxy) is 3. The molecule has 1 saturated heterocycles. The molecule has 1 N–H and O–H groups in total. The van der Waals surface area contributed by atoms with Crippen LogP contribution in [0.2, 0.25) is 0 Å². The van der Waals surface area contributed by atoms with Crippen molar-refractivity contribution < 1.29 is 14.2 Å². The summed E-state index contributed by atoms with van der Waals surface area (Å²) in [5, 5.41) is 3.61. The molecule has 20 heavy (non-hydrogen) atoms. The second-order valence-corrected chi connectivity index (χ2v) is 5.30. The summed E-state index contributed by atoms with van der Waals surface area (Å²) >= 11 is 0. The van der Waals surface area contributed by atoms with Gasteiger partial charge in [0.2, 0.25) is 0 Å². The molecule has 1 aliphatic heterocycles. The number of benzene rings is 1. The van der Waals surface area contributed by atoms with E-state index in [4.69, 9.17) is 14.2 Å². The van der Waals surface area contributed by atoms with Gasteiger partial charge in [-0.3, -0.25) is 0 Å². The molecule has 0 bridgehead atoms. The molecule has 0 unspecified atom stereocenters. The van der Waals surface area contributed by atoms with Crippen molar-refractivity contribution >= 4 is 0 Å². The average molecular weight is 279 g/mol. The largest absolute Gasteiger partial charge is 0.493 e. The highest BCUT2D eigenvalue weighted by Gasteiger charge is 2.15. The van der Waals surface area contributed by atoms with Crippen molar-refractivity contribution in [2.24, 2.45) is 5.92 Å². The van der Waals surface area contributed by atoms with E-state index >= 15 is 0 Å². The minimum absolute atomic E-state index is 0.303. The van der Waals surface area contributed by atoms with Gasteiger partial charge in [0.1, 0.15) is 0 Å². The van der Waals surface area contributed by atoms with E-state index in [1.54, 1.807) is 14.2 Å². The molecule has 0 saturated carbocycles. The predicted octanol–water partition coefficient (Wildman–Crippen LogP) is 2.78. The van der Waals surface area contributed by atoms with Crippen LogP contribution < -0.4 is 14.8 Å². The average Bonchev–Trinajstić information content (AvgIpc) is 2.52. The minimum Gasteiger partial charge on any atom is -0.493 e. The van der Waals surface area contributed by atoms with Crippen molar-refractivity contribution in [3.8, 4) is 11.5 Å². The van der Waals surface area contributed by atoms with Gasteiger partial charge in [-0.15, -0.1) is 0 Å². The molecule has 0 aliphatic carbocycles. The van der Waals surface area contributed by atoms with Crippen LogP contribution in [0.5, 0.6) is 11.5 Å². The Labute approximate surface area is 121 Å². The normalized spacial score (nSPS) is 17.8. The maximum Gasteiger partial charge on any atom is 0.161 e. The number of nitrogens with one attached hydrogen (secondary N) is 1. The second-order valence-electron chi connectivity index (χ2n) is 5.30. The van der Waals surface area contributed by atoms with Gasteiger partial charge >= 0.3 is 0 Å². The number of rotatable bonds is 6. The summed E-state index contributed by atoms with van der Waals surface area (Å²) < 4.78 is 16.0. The van der Waals surface area contributed by atoms with Gasteiger partial charge in [0.25, 0.3) is 0 Å². The highest BCUT2D eigenvalue weighted by Crippen LogP contribution is 2.30. The molecule has 0 amide bonds. The number of hydrogen-bond acceptors (Lipinski definition) is 4. The smallest absolute Gasteiger partial charge is 0.161 e. The molecule has 2 rings (SSSR count). The van der Waals surface area contributed by atoms with Crippen LogP contribution >= 0.6 is 0 Å². The first-order valence-corrected chi connectivity index (χ1v) is 7.27. The summed E-state index contributed by atoms with van der Waals surface area (Å²) in [7, 11) is 3.33. The first-order valence-electron chi connectivity index (χ1n) is 7.27. The van der Waals surface area contributed by atoms with Crippen LogP contribution in [0, 0.1) is 5.92 Å². The lowest BCUT2D eigenvalue weighted by molar-refractivity contribution is 0.0656. The van der Waals surface area contributed by atoms with Crippen molar-refractivity contribution in [1.29, 1.82) is 0 Å². The van der Waals surface area contributed by atoms with Gasteiger partial charge in [-0.1, -0.05) is 6.07 Å². The number of methoxy groups -OCH3 is 2. The third-order valence-corrected chi connectivity index (χ3v) is 3.96. The molecule has 0 radical (unpaired) electrons. The highest BCUT2D eigenvalue weighted by atomic mass is 16.5. The fourth-order valence-corrected chi connectivity index (χ4v) is 2.53. The summed E-state index contributed by atoms with van der Waals surface area (Å²) in [5.74, 6) is 2.28. The molecular formula is C16H25NO3. The monoisotopic (exact) mass is 279 g/mol. The molecule has 112 valence electrons. The fourth-order valence-electron chi connectivity index (χ4n) is 2.53. The molecule has 1 fully saturated rings. The Morgan fingerprint density at radius 3 is 2.55 bits per heavy atom. The van der Waals surface area contributed by atoms with Crippen LogP contribution in [-0.4, -0.2) is 34.0 Å². The van der Waals surface area contributed by atoms with Gasteiger partial charge in [-0.2, -0.15) is 0 Å². The van der Waals surface area contributed by atoms with Crippen LogP contribution in [-0.2, 0) is 4.74 Å². The van der Waals surface area contributed by atoms with E-state index < -0.39 is 0 Å². The van der Waals surface area contributed by atoms with Crippen molar-refractivity contribution in [3.05, 3.63) is 23.8 Å². The Morgan fingerprint density at radius 2 is 1.90 bits per heavy atom. The lowest BCUT2D eigenvalue weighted by Crippen LogP contribution is -2.29. The van der Waals surface area contributed by atoms with Gasteiger partial charge in [0, 0.05) is 19.3 Å². The quantitative estimate of drug-likeness (QED) is 0.869. The van der Waals surface area contributed by atoms with Crippen LogP contribution in [0.25, 0.3) is 0 Å². The molecular weight excluding hydrogens is 254 g/mol. The highest BCUT2D eigenvalue weighted by molar-refractivity contribution is 5.43. The summed E-state index contributed by atoms with van der Waals surface area (Å²) in [6, 6.07) is 6.39. The van der Waals surface area contributed by atoms with Crippen molar-refractivity contribution in [2.75, 3.05) is 34.0 Å². The van der Waals surface area contributed by atoms with E-state index in [1.807, 2.05) is 12.1 Å². The van der Waals surface area contributed by atoms with E-state index in [-0.39, 0.29) is 0 Å². The lowest BCUT2D eigenvalue weighted by Gasteiger charge is -2.24. The Balaban J connectivity index is 1.92. The van der Waals surface area contributed by atoms with Gasteiger partial charge in [-0.25, -0.2) is 0 Å². The molecule has 4 heteroatoms. The van der Waals surface area contributed by atoms with E-state index in [1.165, 1.54) is 5.56 Å². The zero-order valence-corrected chi connectivity index (χ0v) is 12.6. The van der Waals surface area contributed by atoms with Crippen LogP contribution in [0.15, 0.2) is 18.2 Å². The Bertz CT molecular complexity index is 416. The maximum absolute atomic E-state index is 5.39. The Hall–Kier alpha value is -1.26. The molecule has 0 aromatic heterocycles. The first kappa shape index (κ1) is 15.1. The third kappa shape index (κ3) is 3.87. The first-order chi connectivity index (χ1) is 9.74. The topological polar surface area (TPSA) is 39.7 Å². The maximum atomic E-state index is 5.39. The zero-order chi connectivity index (χ0) is 14.4. The van der Waals surface area contributed by atoms with Gasteiger partial charge < -0.3 is 19.5 Å². The van der Waals surface area contributed by atoms with Gasteiger partial charge in [0.05, 0.1) is 14.2 Å². The van der Waals surface area contributed by atoms with Crippen LogP contribution in [0.1, 0.15) is 31.4 Å².